The Hall–Kier alpha value is -1.43. The summed E-state index contributed by atoms with van der Waals surface area (Å²) in [6, 6.07) is 13.0. The van der Waals surface area contributed by atoms with Crippen LogP contribution in [0.4, 0.5) is 0 Å². The molecule has 0 unspecified atom stereocenters. The number of benzene rings is 1. The van der Waals surface area contributed by atoms with Crippen LogP contribution in [0.1, 0.15) is 43.6 Å². The Morgan fingerprint density at radius 2 is 1.73 bits per heavy atom. The van der Waals surface area contributed by atoms with Gasteiger partial charge in [0.1, 0.15) is 3.70 Å². The van der Waals surface area contributed by atoms with Crippen molar-refractivity contribution in [3.05, 3.63) is 51.9 Å². The van der Waals surface area contributed by atoms with Gasteiger partial charge < -0.3 is 0 Å². The molecule has 1 fully saturated rings. The quantitative estimate of drug-likeness (QED) is 0.561. The lowest BCUT2D eigenvalue weighted by atomic mass is 9.84. The van der Waals surface area contributed by atoms with Gasteiger partial charge >= 0.3 is 0 Å². The van der Waals surface area contributed by atoms with Crippen LogP contribution in [0, 0.1) is 3.70 Å². The highest BCUT2D eigenvalue weighted by molar-refractivity contribution is 14.1. The maximum absolute atomic E-state index is 4.66. The molecule has 1 saturated carbocycles. The van der Waals surface area contributed by atoms with E-state index in [1.54, 1.807) is 0 Å². The Labute approximate surface area is 143 Å². The van der Waals surface area contributed by atoms with Crippen LogP contribution in [0.5, 0.6) is 0 Å². The van der Waals surface area contributed by atoms with E-state index in [1.807, 2.05) is 22.8 Å². The second kappa shape index (κ2) is 5.99. The van der Waals surface area contributed by atoms with Crippen LogP contribution in [0.25, 0.3) is 16.9 Å². The van der Waals surface area contributed by atoms with Crippen molar-refractivity contribution in [2.75, 3.05) is 0 Å². The van der Waals surface area contributed by atoms with E-state index < -0.39 is 0 Å². The van der Waals surface area contributed by atoms with Crippen LogP contribution in [0.15, 0.2) is 42.6 Å². The van der Waals surface area contributed by atoms with Gasteiger partial charge in [0, 0.05) is 5.56 Å². The summed E-state index contributed by atoms with van der Waals surface area (Å²) in [6.45, 7) is 0. The average molecular weight is 403 g/mol. The van der Waals surface area contributed by atoms with E-state index in [-0.39, 0.29) is 0 Å². The molecule has 22 heavy (non-hydrogen) atoms. The molecule has 1 aromatic carbocycles. The monoisotopic (exact) mass is 403 g/mol. The first-order valence-corrected chi connectivity index (χ1v) is 9.00. The Bertz CT molecular complexity index is 786. The zero-order valence-electron chi connectivity index (χ0n) is 12.4. The molecule has 0 N–H and O–H groups in total. The van der Waals surface area contributed by atoms with E-state index in [2.05, 4.69) is 56.9 Å². The van der Waals surface area contributed by atoms with Crippen LogP contribution in [0.2, 0.25) is 0 Å². The first-order valence-electron chi connectivity index (χ1n) is 7.92. The number of hydrogen-bond acceptors (Lipinski definition) is 2. The molecule has 4 rings (SSSR count). The van der Waals surface area contributed by atoms with Crippen LogP contribution in [0.3, 0.4) is 0 Å². The zero-order chi connectivity index (χ0) is 14.9. The smallest absolute Gasteiger partial charge is 0.154 e. The van der Waals surface area contributed by atoms with Crippen molar-refractivity contribution in [2.24, 2.45) is 0 Å². The van der Waals surface area contributed by atoms with Crippen molar-refractivity contribution in [1.82, 2.24) is 14.6 Å². The summed E-state index contributed by atoms with van der Waals surface area (Å²) in [7, 11) is 0. The fourth-order valence-corrected chi connectivity index (χ4v) is 3.77. The summed E-state index contributed by atoms with van der Waals surface area (Å²) in [5, 5.41) is 4.45. The predicted molar refractivity (Wildman–Crippen MR) is 97.0 cm³/mol. The average Bonchev–Trinajstić information content (AvgIpc) is 2.99. The number of hydrogen-bond donors (Lipinski definition) is 0. The molecule has 0 saturated heterocycles. The zero-order valence-corrected chi connectivity index (χ0v) is 14.5. The molecule has 0 amide bonds. The number of nitrogens with zero attached hydrogens (tertiary/aromatic N) is 3. The summed E-state index contributed by atoms with van der Waals surface area (Å²) in [5.74, 6) is 0.757. The molecule has 3 aromatic rings. The number of rotatable bonds is 2. The lowest BCUT2D eigenvalue weighted by molar-refractivity contribution is 0.443. The predicted octanol–water partition coefficient (Wildman–Crippen LogP) is 5.05. The molecule has 0 spiro atoms. The molecule has 3 nitrogen and oxygen atoms in total. The van der Waals surface area contributed by atoms with Gasteiger partial charge in [0.05, 0.1) is 11.9 Å². The number of fused-ring (bicyclic) bond motifs is 1. The third kappa shape index (κ3) is 2.76. The normalized spacial score (nSPS) is 16.2. The number of imidazole rings is 1. The van der Waals surface area contributed by atoms with Crippen LogP contribution < -0.4 is 0 Å². The van der Waals surface area contributed by atoms with E-state index in [1.165, 1.54) is 43.2 Å². The molecule has 112 valence electrons. The molecule has 0 bridgehead atoms. The lowest BCUT2D eigenvalue weighted by Gasteiger charge is -2.21. The van der Waals surface area contributed by atoms with Crippen LogP contribution >= 0.6 is 22.6 Å². The largest absolute Gasteiger partial charge is 0.227 e. The van der Waals surface area contributed by atoms with E-state index in [0.717, 1.165) is 21.0 Å². The van der Waals surface area contributed by atoms with Gasteiger partial charge in [0.15, 0.2) is 5.65 Å². The minimum atomic E-state index is 0.757. The third-order valence-corrected chi connectivity index (χ3v) is 5.15. The summed E-state index contributed by atoms with van der Waals surface area (Å²) < 4.78 is 2.83. The summed E-state index contributed by atoms with van der Waals surface area (Å²) in [4.78, 5) is 4.66. The first kappa shape index (κ1) is 14.2. The van der Waals surface area contributed by atoms with Gasteiger partial charge in [-0.2, -0.15) is 5.10 Å². The molecule has 1 aliphatic carbocycles. The SMILES string of the molecule is Ic1ccc2nc(-c3ccc(C4CCCCC4)cc3)cn2n1. The van der Waals surface area contributed by atoms with E-state index >= 15 is 0 Å². The van der Waals surface area contributed by atoms with Gasteiger partial charge in [-0.25, -0.2) is 9.50 Å². The minimum Gasteiger partial charge on any atom is -0.227 e. The van der Waals surface area contributed by atoms with Gasteiger partial charge in [-0.3, -0.25) is 0 Å². The topological polar surface area (TPSA) is 30.2 Å². The summed E-state index contributed by atoms with van der Waals surface area (Å²) >= 11 is 2.22. The van der Waals surface area contributed by atoms with Crippen molar-refractivity contribution in [3.63, 3.8) is 0 Å². The molecule has 0 atom stereocenters. The molecule has 4 heteroatoms. The minimum absolute atomic E-state index is 0.757. The van der Waals surface area contributed by atoms with Gasteiger partial charge in [-0.05, 0) is 59.0 Å². The summed E-state index contributed by atoms with van der Waals surface area (Å²) in [5.41, 5.74) is 4.54. The van der Waals surface area contributed by atoms with Gasteiger partial charge in [0.2, 0.25) is 0 Å². The second-order valence-corrected chi connectivity index (χ2v) is 7.15. The molecule has 0 radical (unpaired) electrons. The highest BCUT2D eigenvalue weighted by Gasteiger charge is 2.15. The fourth-order valence-electron chi connectivity index (χ4n) is 3.36. The number of halogens is 1. The molecular formula is C18H18IN3. The van der Waals surface area contributed by atoms with Crippen molar-refractivity contribution in [1.29, 1.82) is 0 Å². The Morgan fingerprint density at radius 3 is 2.50 bits per heavy atom. The lowest BCUT2D eigenvalue weighted by Crippen LogP contribution is -2.04. The highest BCUT2D eigenvalue weighted by atomic mass is 127. The molecule has 2 heterocycles. The Morgan fingerprint density at radius 1 is 0.955 bits per heavy atom. The standard InChI is InChI=1S/C18H18IN3/c19-17-10-11-18-20-16(12-22(18)21-17)15-8-6-14(7-9-15)13-4-2-1-3-5-13/h6-13H,1-5H2. The molecule has 0 aliphatic heterocycles. The van der Waals surface area contributed by atoms with E-state index in [9.17, 15) is 0 Å². The molecule has 2 aromatic heterocycles. The molecule has 1 aliphatic rings. The van der Waals surface area contributed by atoms with Gasteiger partial charge in [-0.15, -0.1) is 0 Å². The summed E-state index contributed by atoms with van der Waals surface area (Å²) in [6.07, 6.45) is 8.85. The van der Waals surface area contributed by atoms with Crippen LogP contribution in [-0.4, -0.2) is 14.6 Å². The van der Waals surface area contributed by atoms with Gasteiger partial charge in [0.25, 0.3) is 0 Å². The maximum Gasteiger partial charge on any atom is 0.154 e. The fraction of sp³-hybridized carbons (Fsp3) is 0.333. The van der Waals surface area contributed by atoms with Crippen molar-refractivity contribution < 1.29 is 0 Å². The first-order chi connectivity index (χ1) is 10.8. The third-order valence-electron chi connectivity index (χ3n) is 4.57. The van der Waals surface area contributed by atoms with Crippen molar-refractivity contribution >= 4 is 28.2 Å². The van der Waals surface area contributed by atoms with E-state index in [4.69, 9.17) is 0 Å². The number of aromatic nitrogens is 3. The second-order valence-electron chi connectivity index (χ2n) is 6.04. The maximum atomic E-state index is 4.66. The van der Waals surface area contributed by atoms with Crippen LogP contribution in [-0.2, 0) is 0 Å². The van der Waals surface area contributed by atoms with Gasteiger partial charge in [-0.1, -0.05) is 43.5 Å². The highest BCUT2D eigenvalue weighted by Crippen LogP contribution is 2.33. The van der Waals surface area contributed by atoms with E-state index in [0.29, 0.717) is 0 Å². The Kier molecular flexibility index (Phi) is 3.86. The van der Waals surface area contributed by atoms with Crippen molar-refractivity contribution in [3.8, 4) is 11.3 Å². The molecular weight excluding hydrogens is 385 g/mol. The Balaban J connectivity index is 1.63. The van der Waals surface area contributed by atoms with Crippen molar-refractivity contribution in [2.45, 2.75) is 38.0 Å².